The van der Waals surface area contributed by atoms with E-state index in [0.717, 1.165) is 24.8 Å². The summed E-state index contributed by atoms with van der Waals surface area (Å²) < 4.78 is 34.1. The summed E-state index contributed by atoms with van der Waals surface area (Å²) in [5.41, 5.74) is 1.91. The van der Waals surface area contributed by atoms with Crippen LogP contribution in [0.2, 0.25) is 0 Å². The molecular formula is C26H29N3O4S. The van der Waals surface area contributed by atoms with E-state index in [9.17, 15) is 13.2 Å². The first kappa shape index (κ1) is 23.9. The van der Waals surface area contributed by atoms with E-state index in [1.165, 1.54) is 0 Å². The van der Waals surface area contributed by atoms with Gasteiger partial charge in [-0.25, -0.2) is 8.42 Å². The summed E-state index contributed by atoms with van der Waals surface area (Å²) >= 11 is 0. The predicted molar refractivity (Wildman–Crippen MR) is 131 cm³/mol. The molecule has 1 fully saturated rings. The van der Waals surface area contributed by atoms with Gasteiger partial charge in [-0.05, 0) is 86.8 Å². The van der Waals surface area contributed by atoms with E-state index >= 15 is 0 Å². The van der Waals surface area contributed by atoms with Crippen LogP contribution in [-0.4, -0.2) is 36.3 Å². The van der Waals surface area contributed by atoms with Crippen molar-refractivity contribution in [2.24, 2.45) is 0 Å². The lowest BCUT2D eigenvalue weighted by molar-refractivity contribution is 0.102. The molecule has 34 heavy (non-hydrogen) atoms. The molecule has 7 nitrogen and oxygen atoms in total. The van der Waals surface area contributed by atoms with Crippen molar-refractivity contribution in [2.45, 2.75) is 50.2 Å². The molecule has 2 aromatic carbocycles. The third kappa shape index (κ3) is 5.46. The molecule has 1 saturated heterocycles. The molecule has 0 saturated carbocycles. The zero-order chi connectivity index (χ0) is 24.1. The number of carbonyl (C=O) groups is 1. The van der Waals surface area contributed by atoms with Crippen LogP contribution in [0.4, 0.5) is 5.69 Å². The Morgan fingerprint density at radius 2 is 1.79 bits per heavy atom. The second kappa shape index (κ2) is 10.4. The van der Waals surface area contributed by atoms with Gasteiger partial charge in [0.05, 0.1) is 17.0 Å². The number of ether oxygens (including phenoxy) is 1. The normalized spacial score (nSPS) is 16.9. The van der Waals surface area contributed by atoms with Crippen LogP contribution in [0.5, 0.6) is 5.75 Å². The fourth-order valence-electron chi connectivity index (χ4n) is 4.10. The minimum absolute atomic E-state index is 0.0547. The van der Waals surface area contributed by atoms with E-state index < -0.39 is 10.0 Å². The third-order valence-electron chi connectivity index (χ3n) is 5.73. The van der Waals surface area contributed by atoms with Crippen molar-refractivity contribution in [1.29, 1.82) is 0 Å². The maximum absolute atomic E-state index is 13.4. The molecule has 0 bridgehead atoms. The molecule has 1 aromatic heterocycles. The van der Waals surface area contributed by atoms with Crippen molar-refractivity contribution in [3.8, 4) is 5.75 Å². The molecule has 8 heteroatoms. The van der Waals surface area contributed by atoms with Gasteiger partial charge in [-0.2, -0.15) is 4.31 Å². The van der Waals surface area contributed by atoms with Crippen LogP contribution in [0.25, 0.3) is 0 Å². The van der Waals surface area contributed by atoms with Crippen LogP contribution in [-0.2, 0) is 10.0 Å². The number of aromatic nitrogens is 1. The Balaban J connectivity index is 1.47. The van der Waals surface area contributed by atoms with E-state index in [1.807, 2.05) is 26.0 Å². The zero-order valence-corrected chi connectivity index (χ0v) is 20.2. The number of benzene rings is 2. The highest BCUT2D eigenvalue weighted by Gasteiger charge is 2.34. The maximum Gasteiger partial charge on any atom is 0.255 e. The van der Waals surface area contributed by atoms with Crippen molar-refractivity contribution >= 4 is 21.6 Å². The first-order valence-electron chi connectivity index (χ1n) is 11.4. The van der Waals surface area contributed by atoms with Crippen molar-refractivity contribution in [3.63, 3.8) is 0 Å². The molecule has 1 N–H and O–H groups in total. The van der Waals surface area contributed by atoms with Gasteiger partial charge in [0, 0.05) is 30.2 Å². The highest BCUT2D eigenvalue weighted by molar-refractivity contribution is 7.89. The number of hydrogen-bond acceptors (Lipinski definition) is 5. The number of rotatable bonds is 7. The van der Waals surface area contributed by atoms with Crippen LogP contribution in [0, 0.1) is 0 Å². The van der Waals surface area contributed by atoms with Crippen LogP contribution in [0.15, 0.2) is 78.0 Å². The lowest BCUT2D eigenvalue weighted by Gasteiger charge is -2.34. The summed E-state index contributed by atoms with van der Waals surface area (Å²) in [6, 6.07) is 16.7. The van der Waals surface area contributed by atoms with Crippen LogP contribution < -0.4 is 10.1 Å². The molecule has 1 aliphatic heterocycles. The average molecular weight is 480 g/mol. The molecule has 0 radical (unpaired) electrons. The van der Waals surface area contributed by atoms with Gasteiger partial charge >= 0.3 is 0 Å². The zero-order valence-electron chi connectivity index (χ0n) is 19.3. The van der Waals surface area contributed by atoms with Crippen LogP contribution in [0.1, 0.15) is 55.1 Å². The largest absolute Gasteiger partial charge is 0.491 e. The minimum atomic E-state index is -3.69. The Bertz CT molecular complexity index is 1210. The predicted octanol–water partition coefficient (Wildman–Crippen LogP) is 5.04. The molecule has 2 heterocycles. The lowest BCUT2D eigenvalue weighted by Crippen LogP contribution is -2.38. The first-order valence-corrected chi connectivity index (χ1v) is 12.9. The van der Waals surface area contributed by atoms with Gasteiger partial charge in [0.1, 0.15) is 5.75 Å². The number of nitrogens with zero attached hydrogens (tertiary/aromatic N) is 2. The number of nitrogens with one attached hydrogen (secondary N) is 1. The smallest absolute Gasteiger partial charge is 0.255 e. The Kier molecular flexibility index (Phi) is 7.29. The fourth-order valence-corrected chi connectivity index (χ4v) is 5.79. The van der Waals surface area contributed by atoms with E-state index in [1.54, 1.807) is 65.2 Å². The van der Waals surface area contributed by atoms with Gasteiger partial charge in [-0.3, -0.25) is 9.78 Å². The SMILES string of the molecule is CC(C)Oc1ccc(C(=O)Nc2ccc(S(=O)(=O)N3CCCC[C@H]3c3cccnc3)cc2)cc1. The van der Waals surface area contributed by atoms with Gasteiger partial charge in [-0.15, -0.1) is 0 Å². The number of carbonyl (C=O) groups excluding carboxylic acids is 1. The second-order valence-electron chi connectivity index (χ2n) is 8.58. The topological polar surface area (TPSA) is 88.6 Å². The van der Waals surface area contributed by atoms with E-state index in [-0.39, 0.29) is 22.9 Å². The number of anilines is 1. The summed E-state index contributed by atoms with van der Waals surface area (Å²) in [6.45, 7) is 4.35. The number of hydrogen-bond donors (Lipinski definition) is 1. The number of amides is 1. The van der Waals surface area contributed by atoms with Crippen LogP contribution in [0.3, 0.4) is 0 Å². The monoisotopic (exact) mass is 479 g/mol. The minimum Gasteiger partial charge on any atom is -0.491 e. The summed E-state index contributed by atoms with van der Waals surface area (Å²) in [6.07, 6.45) is 6.04. The third-order valence-corrected chi connectivity index (χ3v) is 7.65. The molecule has 0 spiro atoms. The van der Waals surface area contributed by atoms with E-state index in [2.05, 4.69) is 10.3 Å². The van der Waals surface area contributed by atoms with E-state index in [4.69, 9.17) is 4.74 Å². The van der Waals surface area contributed by atoms with Crippen molar-refractivity contribution in [2.75, 3.05) is 11.9 Å². The summed E-state index contributed by atoms with van der Waals surface area (Å²) in [5, 5.41) is 2.81. The molecule has 1 aliphatic rings. The second-order valence-corrected chi connectivity index (χ2v) is 10.5. The van der Waals surface area contributed by atoms with Crippen molar-refractivity contribution < 1.29 is 17.9 Å². The maximum atomic E-state index is 13.4. The molecule has 0 unspecified atom stereocenters. The lowest BCUT2D eigenvalue weighted by atomic mass is 9.99. The molecular weight excluding hydrogens is 450 g/mol. The highest BCUT2D eigenvalue weighted by Crippen LogP contribution is 2.35. The van der Waals surface area contributed by atoms with Gasteiger partial charge in [0.2, 0.25) is 10.0 Å². The average Bonchev–Trinajstić information content (AvgIpc) is 2.85. The highest BCUT2D eigenvalue weighted by atomic mass is 32.2. The summed E-state index contributed by atoms with van der Waals surface area (Å²) in [4.78, 5) is 17.0. The van der Waals surface area contributed by atoms with Crippen molar-refractivity contribution in [3.05, 3.63) is 84.2 Å². The van der Waals surface area contributed by atoms with Gasteiger partial charge in [0.25, 0.3) is 5.91 Å². The first-order chi connectivity index (χ1) is 16.3. The number of sulfonamides is 1. The summed E-state index contributed by atoms with van der Waals surface area (Å²) in [5.74, 6) is 0.419. The Hall–Kier alpha value is -3.23. The van der Waals surface area contributed by atoms with E-state index in [0.29, 0.717) is 23.5 Å². The molecule has 4 rings (SSSR count). The number of piperidine rings is 1. The van der Waals surface area contributed by atoms with Gasteiger partial charge in [0.15, 0.2) is 0 Å². The number of pyridine rings is 1. The molecule has 1 amide bonds. The Labute approximate surface area is 200 Å². The quantitative estimate of drug-likeness (QED) is 0.513. The van der Waals surface area contributed by atoms with Gasteiger partial charge in [-0.1, -0.05) is 12.5 Å². The molecule has 0 aliphatic carbocycles. The van der Waals surface area contributed by atoms with Crippen LogP contribution >= 0.6 is 0 Å². The fraction of sp³-hybridized carbons (Fsp3) is 0.308. The Morgan fingerprint density at radius 1 is 1.06 bits per heavy atom. The van der Waals surface area contributed by atoms with Gasteiger partial charge < -0.3 is 10.1 Å². The Morgan fingerprint density at radius 3 is 2.44 bits per heavy atom. The molecule has 1 atom stereocenters. The standard InChI is InChI=1S/C26H29N3O4S/c1-19(2)33-23-12-8-20(9-13-23)26(30)28-22-10-14-24(15-11-22)34(31,32)29-17-4-3-7-25(29)21-6-5-16-27-18-21/h5-6,8-16,18-19,25H,3-4,7,17H2,1-2H3,(H,28,30)/t25-/m0/s1. The summed E-state index contributed by atoms with van der Waals surface area (Å²) in [7, 11) is -3.69. The molecule has 3 aromatic rings. The molecule has 178 valence electrons. The van der Waals surface area contributed by atoms with Crippen molar-refractivity contribution in [1.82, 2.24) is 9.29 Å².